The van der Waals surface area contributed by atoms with E-state index in [4.69, 9.17) is 0 Å². The van der Waals surface area contributed by atoms with Crippen molar-refractivity contribution in [1.82, 2.24) is 10.2 Å². The van der Waals surface area contributed by atoms with Gasteiger partial charge in [0.15, 0.2) is 0 Å². The van der Waals surface area contributed by atoms with Crippen molar-refractivity contribution >= 4 is 5.91 Å². The van der Waals surface area contributed by atoms with E-state index >= 15 is 0 Å². The lowest BCUT2D eigenvalue weighted by atomic mass is 9.89. The van der Waals surface area contributed by atoms with Crippen molar-refractivity contribution in [3.8, 4) is 0 Å². The summed E-state index contributed by atoms with van der Waals surface area (Å²) in [4.78, 5) is 14.0. The van der Waals surface area contributed by atoms with Crippen LogP contribution in [0.4, 0.5) is 8.78 Å². The van der Waals surface area contributed by atoms with Crippen LogP contribution in [0, 0.1) is 17.6 Å². The largest absolute Gasteiger partial charge is 0.338 e. The zero-order chi connectivity index (χ0) is 14.8. The van der Waals surface area contributed by atoms with Crippen LogP contribution < -0.4 is 5.32 Å². The lowest BCUT2D eigenvalue weighted by molar-refractivity contribution is 0.0641. The minimum absolute atomic E-state index is 0.389. The van der Waals surface area contributed by atoms with E-state index in [-0.39, 0.29) is 0 Å². The van der Waals surface area contributed by atoms with E-state index in [0.717, 1.165) is 44.4 Å². The number of halogens is 2. The van der Waals surface area contributed by atoms with E-state index in [1.807, 2.05) is 0 Å². The molecule has 0 bridgehead atoms. The van der Waals surface area contributed by atoms with Crippen LogP contribution in [0.2, 0.25) is 0 Å². The van der Waals surface area contributed by atoms with Crippen LogP contribution in [0.25, 0.3) is 0 Å². The second-order valence-corrected chi connectivity index (χ2v) is 5.95. The molecule has 0 aromatic heterocycles. The molecule has 2 saturated heterocycles. The van der Waals surface area contributed by atoms with Gasteiger partial charge in [-0.05, 0) is 50.3 Å². The van der Waals surface area contributed by atoms with E-state index in [9.17, 15) is 13.6 Å². The molecule has 2 atom stereocenters. The number of likely N-dealkylation sites (tertiary alicyclic amines) is 1. The van der Waals surface area contributed by atoms with Gasteiger partial charge in [-0.15, -0.1) is 0 Å². The van der Waals surface area contributed by atoms with Crippen molar-refractivity contribution in [2.75, 3.05) is 19.6 Å². The summed E-state index contributed by atoms with van der Waals surface area (Å²) < 4.78 is 27.5. The second-order valence-electron chi connectivity index (χ2n) is 5.95. The summed E-state index contributed by atoms with van der Waals surface area (Å²) >= 11 is 0. The molecule has 1 amide bonds. The summed E-state index contributed by atoms with van der Waals surface area (Å²) in [6.45, 7) is 2.19. The molecule has 3 rings (SSSR count). The second kappa shape index (κ2) is 6.10. The molecule has 2 unspecified atom stereocenters. The van der Waals surface area contributed by atoms with Gasteiger partial charge in [0.05, 0.1) is 0 Å². The zero-order valence-corrected chi connectivity index (χ0v) is 11.9. The Morgan fingerprint density at radius 2 is 1.95 bits per heavy atom. The third kappa shape index (κ3) is 2.93. The zero-order valence-electron chi connectivity index (χ0n) is 11.9. The van der Waals surface area contributed by atoms with Gasteiger partial charge in [0.25, 0.3) is 5.91 Å². The highest BCUT2D eigenvalue weighted by molar-refractivity contribution is 5.94. The first-order valence-electron chi connectivity index (χ1n) is 7.63. The molecular weight excluding hydrogens is 274 g/mol. The molecule has 1 aromatic rings. The summed E-state index contributed by atoms with van der Waals surface area (Å²) in [6, 6.07) is 3.99. The monoisotopic (exact) mass is 294 g/mol. The van der Waals surface area contributed by atoms with E-state index in [1.165, 1.54) is 6.07 Å². The molecule has 2 aliphatic heterocycles. The third-order valence-electron chi connectivity index (χ3n) is 4.59. The number of rotatable bonds is 2. The van der Waals surface area contributed by atoms with Gasteiger partial charge in [-0.2, -0.15) is 0 Å². The SMILES string of the molecule is O=C(c1c(F)cccc1F)N1CCCC(C2CCCN2)C1. The molecule has 21 heavy (non-hydrogen) atoms. The number of benzene rings is 1. The number of nitrogens with one attached hydrogen (secondary N) is 1. The number of nitrogens with zero attached hydrogens (tertiary/aromatic N) is 1. The van der Waals surface area contributed by atoms with Crippen LogP contribution in [0.15, 0.2) is 18.2 Å². The van der Waals surface area contributed by atoms with Gasteiger partial charge in [-0.25, -0.2) is 8.78 Å². The average Bonchev–Trinajstić information content (AvgIpc) is 3.01. The van der Waals surface area contributed by atoms with E-state index in [1.54, 1.807) is 4.90 Å². The maximum atomic E-state index is 13.8. The summed E-state index contributed by atoms with van der Waals surface area (Å²) in [5.74, 6) is -1.68. The van der Waals surface area contributed by atoms with E-state index < -0.39 is 23.1 Å². The number of amides is 1. The summed E-state index contributed by atoms with van der Waals surface area (Å²) in [5, 5.41) is 3.46. The average molecular weight is 294 g/mol. The molecule has 1 aromatic carbocycles. The summed E-state index contributed by atoms with van der Waals surface area (Å²) in [7, 11) is 0. The van der Waals surface area contributed by atoms with Gasteiger partial charge in [0.2, 0.25) is 0 Å². The number of carbonyl (C=O) groups is 1. The molecule has 2 aliphatic rings. The van der Waals surface area contributed by atoms with Gasteiger partial charge < -0.3 is 10.2 Å². The molecule has 0 spiro atoms. The first-order chi connectivity index (χ1) is 10.2. The highest BCUT2D eigenvalue weighted by Crippen LogP contribution is 2.26. The molecule has 0 aliphatic carbocycles. The highest BCUT2D eigenvalue weighted by Gasteiger charge is 2.32. The van der Waals surface area contributed by atoms with Crippen LogP contribution in [0.3, 0.4) is 0 Å². The lowest BCUT2D eigenvalue weighted by Gasteiger charge is -2.36. The molecule has 2 fully saturated rings. The van der Waals surface area contributed by atoms with Gasteiger partial charge in [0, 0.05) is 19.1 Å². The fraction of sp³-hybridized carbons (Fsp3) is 0.562. The molecule has 114 valence electrons. The highest BCUT2D eigenvalue weighted by atomic mass is 19.1. The predicted molar refractivity (Wildman–Crippen MR) is 76.0 cm³/mol. The Hall–Kier alpha value is -1.49. The molecule has 0 radical (unpaired) electrons. The maximum absolute atomic E-state index is 13.8. The van der Waals surface area contributed by atoms with Gasteiger partial charge in [-0.3, -0.25) is 4.79 Å². The normalized spacial score (nSPS) is 26.1. The van der Waals surface area contributed by atoms with Crippen molar-refractivity contribution in [2.24, 2.45) is 5.92 Å². The van der Waals surface area contributed by atoms with Crippen molar-refractivity contribution in [3.63, 3.8) is 0 Å². The quantitative estimate of drug-likeness (QED) is 0.909. The van der Waals surface area contributed by atoms with Crippen LogP contribution in [0.5, 0.6) is 0 Å². The van der Waals surface area contributed by atoms with Crippen molar-refractivity contribution < 1.29 is 13.6 Å². The smallest absolute Gasteiger partial charge is 0.259 e. The topological polar surface area (TPSA) is 32.3 Å². The standard InChI is InChI=1S/C16H20F2N2O/c17-12-5-1-6-13(18)15(12)16(21)20-9-3-4-11(10-20)14-7-2-8-19-14/h1,5-6,11,14,19H,2-4,7-10H2. The van der Waals surface area contributed by atoms with E-state index in [2.05, 4.69) is 5.32 Å². The minimum atomic E-state index is -0.777. The van der Waals surface area contributed by atoms with Crippen molar-refractivity contribution in [1.29, 1.82) is 0 Å². The Morgan fingerprint density at radius 1 is 1.19 bits per heavy atom. The Morgan fingerprint density at radius 3 is 2.62 bits per heavy atom. The fourth-order valence-electron chi connectivity index (χ4n) is 3.50. The minimum Gasteiger partial charge on any atom is -0.338 e. The first-order valence-corrected chi connectivity index (χ1v) is 7.63. The molecule has 1 N–H and O–H groups in total. The van der Waals surface area contributed by atoms with E-state index in [0.29, 0.717) is 25.0 Å². The number of hydrogen-bond donors (Lipinski definition) is 1. The first kappa shape index (κ1) is 14.4. The van der Waals surface area contributed by atoms with Crippen LogP contribution in [0.1, 0.15) is 36.0 Å². The van der Waals surface area contributed by atoms with Crippen molar-refractivity contribution in [3.05, 3.63) is 35.4 Å². The number of hydrogen-bond acceptors (Lipinski definition) is 2. The number of carbonyl (C=O) groups excluding carboxylic acids is 1. The Balaban J connectivity index is 1.75. The van der Waals surface area contributed by atoms with Crippen LogP contribution >= 0.6 is 0 Å². The van der Waals surface area contributed by atoms with Gasteiger partial charge >= 0.3 is 0 Å². The Kier molecular flexibility index (Phi) is 4.19. The predicted octanol–water partition coefficient (Wildman–Crippen LogP) is 2.57. The fourth-order valence-corrected chi connectivity index (χ4v) is 3.50. The Labute approximate surface area is 123 Å². The van der Waals surface area contributed by atoms with Gasteiger partial charge in [0.1, 0.15) is 17.2 Å². The maximum Gasteiger partial charge on any atom is 0.259 e. The lowest BCUT2D eigenvalue weighted by Crippen LogP contribution is -2.46. The molecular formula is C16H20F2N2O. The third-order valence-corrected chi connectivity index (χ3v) is 4.59. The summed E-state index contributed by atoms with van der Waals surface area (Å²) in [5.41, 5.74) is -0.419. The summed E-state index contributed by atoms with van der Waals surface area (Å²) in [6.07, 6.45) is 4.25. The molecule has 5 heteroatoms. The molecule has 0 saturated carbocycles. The Bertz CT molecular complexity index is 509. The van der Waals surface area contributed by atoms with Crippen LogP contribution in [-0.4, -0.2) is 36.5 Å². The molecule has 3 nitrogen and oxygen atoms in total. The molecule has 2 heterocycles. The van der Waals surface area contributed by atoms with Gasteiger partial charge in [-0.1, -0.05) is 6.07 Å². The van der Waals surface area contributed by atoms with Crippen molar-refractivity contribution in [2.45, 2.75) is 31.7 Å². The van der Waals surface area contributed by atoms with Crippen LogP contribution in [-0.2, 0) is 0 Å². The number of piperidine rings is 1.